The first-order valence-corrected chi connectivity index (χ1v) is 10.3. The lowest BCUT2D eigenvalue weighted by Gasteiger charge is -2.32. The van der Waals surface area contributed by atoms with Gasteiger partial charge in [0.1, 0.15) is 11.5 Å². The predicted molar refractivity (Wildman–Crippen MR) is 111 cm³/mol. The maximum Gasteiger partial charge on any atom is 0.280 e. The third kappa shape index (κ3) is 4.37. The summed E-state index contributed by atoms with van der Waals surface area (Å²) in [5, 5.41) is 12.4. The minimum Gasteiger partial charge on any atom is -0.497 e. The number of ether oxygens (including phenoxy) is 2. The van der Waals surface area contributed by atoms with Crippen molar-refractivity contribution in [3.63, 3.8) is 0 Å². The van der Waals surface area contributed by atoms with Crippen LogP contribution in [0.15, 0.2) is 28.9 Å². The van der Waals surface area contributed by atoms with Gasteiger partial charge in [-0.2, -0.15) is 4.98 Å². The molecule has 0 atom stereocenters. The van der Waals surface area contributed by atoms with E-state index in [-0.39, 0.29) is 17.9 Å². The summed E-state index contributed by atoms with van der Waals surface area (Å²) in [6.07, 6.45) is 3.38. The first-order valence-electron chi connectivity index (χ1n) is 10.3. The molecule has 1 aromatic carbocycles. The molecule has 0 radical (unpaired) electrons. The third-order valence-electron chi connectivity index (χ3n) is 5.41. The molecule has 31 heavy (non-hydrogen) atoms. The molecular formula is C21H26N6O4. The molecule has 10 nitrogen and oxygen atoms in total. The minimum absolute atomic E-state index is 0.0398. The quantitative estimate of drug-likeness (QED) is 0.592. The molecule has 4 rings (SSSR count). The van der Waals surface area contributed by atoms with Crippen LogP contribution in [0, 0.1) is 0 Å². The summed E-state index contributed by atoms with van der Waals surface area (Å²) in [6, 6.07) is 5.36. The number of hydrogen-bond acceptors (Lipinski definition) is 8. The molecule has 0 spiro atoms. The molecule has 1 amide bonds. The topological polar surface area (TPSA) is 108 Å². The van der Waals surface area contributed by atoms with Crippen LogP contribution in [0.1, 0.15) is 54.8 Å². The Bertz CT molecular complexity index is 1030. The van der Waals surface area contributed by atoms with E-state index in [0.29, 0.717) is 47.6 Å². The second kappa shape index (κ2) is 8.75. The van der Waals surface area contributed by atoms with Crippen molar-refractivity contribution in [2.45, 2.75) is 38.6 Å². The summed E-state index contributed by atoms with van der Waals surface area (Å²) < 4.78 is 17.7. The van der Waals surface area contributed by atoms with Crippen LogP contribution in [0.2, 0.25) is 0 Å². The van der Waals surface area contributed by atoms with Gasteiger partial charge in [0.2, 0.25) is 0 Å². The van der Waals surface area contributed by atoms with Crippen LogP contribution >= 0.6 is 0 Å². The fraction of sp³-hybridized carbons (Fsp3) is 0.476. The van der Waals surface area contributed by atoms with E-state index >= 15 is 0 Å². The summed E-state index contributed by atoms with van der Waals surface area (Å²) in [5.41, 5.74) is 1.11. The zero-order valence-corrected chi connectivity index (χ0v) is 18.1. The monoisotopic (exact) mass is 426 g/mol. The highest BCUT2D eigenvalue weighted by Gasteiger charge is 2.26. The van der Waals surface area contributed by atoms with E-state index in [4.69, 9.17) is 14.0 Å². The van der Waals surface area contributed by atoms with Gasteiger partial charge in [0.25, 0.3) is 11.8 Å². The van der Waals surface area contributed by atoms with E-state index in [1.54, 1.807) is 32.4 Å². The minimum atomic E-state index is -0.0398. The summed E-state index contributed by atoms with van der Waals surface area (Å²) in [4.78, 5) is 19.2. The van der Waals surface area contributed by atoms with E-state index in [1.165, 1.54) is 0 Å². The summed E-state index contributed by atoms with van der Waals surface area (Å²) in [6.45, 7) is 5.25. The smallest absolute Gasteiger partial charge is 0.280 e. The highest BCUT2D eigenvalue weighted by atomic mass is 16.5. The van der Waals surface area contributed by atoms with Gasteiger partial charge in [-0.05, 0) is 25.0 Å². The number of likely N-dealkylation sites (tertiary alicyclic amines) is 1. The van der Waals surface area contributed by atoms with Crippen LogP contribution in [0.3, 0.4) is 0 Å². The molecule has 10 heteroatoms. The molecule has 3 heterocycles. The maximum absolute atomic E-state index is 13.0. The zero-order chi connectivity index (χ0) is 22.0. The van der Waals surface area contributed by atoms with Gasteiger partial charge in [0, 0.05) is 30.6 Å². The number of piperidine rings is 1. The van der Waals surface area contributed by atoms with Gasteiger partial charge >= 0.3 is 0 Å². The lowest BCUT2D eigenvalue weighted by molar-refractivity contribution is 0.0688. The van der Waals surface area contributed by atoms with Crippen LogP contribution in [0.25, 0.3) is 11.6 Å². The van der Waals surface area contributed by atoms with Gasteiger partial charge in [-0.25, -0.2) is 4.68 Å². The van der Waals surface area contributed by atoms with Crippen LogP contribution in [0.4, 0.5) is 0 Å². The number of carbonyl (C=O) groups excluding carboxylic acids is 1. The van der Waals surface area contributed by atoms with Gasteiger partial charge in [-0.1, -0.05) is 24.2 Å². The number of methoxy groups -OCH3 is 2. The highest BCUT2D eigenvalue weighted by Crippen LogP contribution is 2.27. The maximum atomic E-state index is 13.0. The Hall–Kier alpha value is -3.43. The number of carbonyl (C=O) groups is 1. The van der Waals surface area contributed by atoms with Crippen molar-refractivity contribution in [3.8, 4) is 23.1 Å². The molecule has 1 aliphatic rings. The van der Waals surface area contributed by atoms with Crippen molar-refractivity contribution in [1.82, 2.24) is 30.0 Å². The van der Waals surface area contributed by atoms with Crippen molar-refractivity contribution in [3.05, 3.63) is 35.8 Å². The fourth-order valence-electron chi connectivity index (χ4n) is 3.57. The Morgan fingerprint density at radius 3 is 2.39 bits per heavy atom. The van der Waals surface area contributed by atoms with E-state index in [2.05, 4.69) is 20.5 Å². The molecule has 0 saturated carbocycles. The number of rotatable bonds is 6. The molecule has 164 valence electrons. The zero-order valence-electron chi connectivity index (χ0n) is 18.1. The summed E-state index contributed by atoms with van der Waals surface area (Å²) in [7, 11) is 3.14. The number of nitrogens with zero attached hydrogens (tertiary/aromatic N) is 6. The van der Waals surface area contributed by atoms with E-state index < -0.39 is 0 Å². The molecule has 2 aromatic heterocycles. The number of amides is 1. The van der Waals surface area contributed by atoms with Crippen LogP contribution in [-0.4, -0.2) is 63.3 Å². The second-order valence-electron chi connectivity index (χ2n) is 7.82. The van der Waals surface area contributed by atoms with Gasteiger partial charge in [0.15, 0.2) is 11.5 Å². The SMILES string of the molecule is COc1cc(OC)cc(C(=O)N2CCC(n3cc(-c4nc(C(C)C)no4)nn3)CC2)c1. The van der Waals surface area contributed by atoms with E-state index in [0.717, 1.165) is 12.8 Å². The van der Waals surface area contributed by atoms with Crippen molar-refractivity contribution >= 4 is 5.91 Å². The Morgan fingerprint density at radius 1 is 1.13 bits per heavy atom. The third-order valence-corrected chi connectivity index (χ3v) is 5.41. The molecule has 1 fully saturated rings. The second-order valence-corrected chi connectivity index (χ2v) is 7.82. The number of aromatic nitrogens is 5. The number of hydrogen-bond donors (Lipinski definition) is 0. The normalized spacial score (nSPS) is 14.8. The molecule has 1 aliphatic heterocycles. The summed E-state index contributed by atoms with van der Waals surface area (Å²) >= 11 is 0. The van der Waals surface area contributed by atoms with Crippen LogP contribution in [-0.2, 0) is 0 Å². The molecule has 3 aromatic rings. The summed E-state index contributed by atoms with van der Waals surface area (Å²) in [5.74, 6) is 2.34. The van der Waals surface area contributed by atoms with Crippen molar-refractivity contribution in [2.24, 2.45) is 0 Å². The standard InChI is InChI=1S/C21H26N6O4/c1-13(2)19-22-20(31-24-19)18-12-27(25-23-18)15-5-7-26(8-6-15)21(28)14-9-16(29-3)11-17(10-14)30-4/h9-13,15H,5-8H2,1-4H3. The lowest BCUT2D eigenvalue weighted by Crippen LogP contribution is -2.39. The average Bonchev–Trinajstić information content (AvgIpc) is 3.48. The Labute approximate surface area is 180 Å². The Morgan fingerprint density at radius 2 is 1.81 bits per heavy atom. The van der Waals surface area contributed by atoms with Crippen molar-refractivity contribution in [2.75, 3.05) is 27.3 Å². The van der Waals surface area contributed by atoms with E-state index in [1.807, 2.05) is 29.6 Å². The predicted octanol–water partition coefficient (Wildman–Crippen LogP) is 2.95. The van der Waals surface area contributed by atoms with Crippen LogP contribution in [0.5, 0.6) is 11.5 Å². The van der Waals surface area contributed by atoms with Gasteiger partial charge in [-0.3, -0.25) is 4.79 Å². The molecule has 0 bridgehead atoms. The molecule has 0 unspecified atom stereocenters. The Kier molecular flexibility index (Phi) is 5.88. The number of benzene rings is 1. The van der Waals surface area contributed by atoms with Crippen molar-refractivity contribution in [1.29, 1.82) is 0 Å². The molecule has 1 saturated heterocycles. The highest BCUT2D eigenvalue weighted by molar-refractivity contribution is 5.95. The van der Waals surface area contributed by atoms with E-state index in [9.17, 15) is 4.79 Å². The largest absolute Gasteiger partial charge is 0.497 e. The average molecular weight is 426 g/mol. The van der Waals surface area contributed by atoms with Crippen LogP contribution < -0.4 is 9.47 Å². The fourth-order valence-corrected chi connectivity index (χ4v) is 3.57. The van der Waals surface area contributed by atoms with Crippen molar-refractivity contribution < 1.29 is 18.8 Å². The first-order chi connectivity index (χ1) is 15.0. The first kappa shape index (κ1) is 20.8. The Balaban J connectivity index is 1.41. The molecule has 0 N–H and O–H groups in total. The lowest BCUT2D eigenvalue weighted by atomic mass is 10.0. The molecule has 0 aliphatic carbocycles. The van der Waals surface area contributed by atoms with Gasteiger partial charge in [-0.15, -0.1) is 5.10 Å². The molecular weight excluding hydrogens is 400 g/mol. The van der Waals surface area contributed by atoms with Gasteiger partial charge in [0.05, 0.1) is 26.5 Å². The van der Waals surface area contributed by atoms with Gasteiger partial charge < -0.3 is 18.9 Å².